The smallest absolute Gasteiger partial charge is 0.244 e. The molecule has 2 aromatic rings. The Bertz CT molecular complexity index is 888. The van der Waals surface area contributed by atoms with Gasteiger partial charge >= 0.3 is 0 Å². The minimum Gasteiger partial charge on any atom is -0.310 e. The zero-order valence-corrected chi connectivity index (χ0v) is 17.0. The van der Waals surface area contributed by atoms with Crippen molar-refractivity contribution < 1.29 is 13.2 Å². The standard InChI is InChI=1S/C17H23N5O3S2/c1-21(2)27(24,25)14-7-8-17(18-11-14)26-12-16(23)20-15-9-10-19-22(15)13-5-3-4-6-13/h7-11,13H,3-6,12H2,1-2H3,(H,20,23). The van der Waals surface area contributed by atoms with Crippen LogP contribution in [-0.2, 0) is 14.8 Å². The van der Waals surface area contributed by atoms with E-state index in [-0.39, 0.29) is 16.6 Å². The van der Waals surface area contributed by atoms with E-state index in [4.69, 9.17) is 0 Å². The second-order valence-corrected chi connectivity index (χ2v) is 9.70. The normalized spacial score (nSPS) is 15.4. The average molecular weight is 410 g/mol. The number of hydrogen-bond acceptors (Lipinski definition) is 6. The van der Waals surface area contributed by atoms with Crippen LogP contribution in [0.25, 0.3) is 0 Å². The van der Waals surface area contributed by atoms with Gasteiger partial charge in [-0.3, -0.25) is 4.79 Å². The monoisotopic (exact) mass is 409 g/mol. The van der Waals surface area contributed by atoms with Crippen LogP contribution in [-0.4, -0.2) is 53.2 Å². The number of nitrogens with zero attached hydrogens (tertiary/aromatic N) is 4. The fourth-order valence-electron chi connectivity index (χ4n) is 2.99. The van der Waals surface area contributed by atoms with Gasteiger partial charge in [-0.1, -0.05) is 24.6 Å². The first-order valence-electron chi connectivity index (χ1n) is 8.72. The van der Waals surface area contributed by atoms with Crippen LogP contribution in [0.2, 0.25) is 0 Å². The number of anilines is 1. The quantitative estimate of drug-likeness (QED) is 0.705. The first kappa shape index (κ1) is 19.8. The lowest BCUT2D eigenvalue weighted by Gasteiger charge is -2.14. The molecule has 0 aromatic carbocycles. The van der Waals surface area contributed by atoms with E-state index in [1.807, 2.05) is 4.68 Å². The number of sulfonamides is 1. The van der Waals surface area contributed by atoms with Crippen molar-refractivity contribution in [3.8, 4) is 0 Å². The van der Waals surface area contributed by atoms with Crippen LogP contribution in [0.3, 0.4) is 0 Å². The molecule has 3 rings (SSSR count). The van der Waals surface area contributed by atoms with Gasteiger partial charge in [-0.15, -0.1) is 0 Å². The number of nitrogens with one attached hydrogen (secondary N) is 1. The first-order valence-corrected chi connectivity index (χ1v) is 11.2. The number of hydrogen-bond donors (Lipinski definition) is 1. The molecule has 0 aliphatic heterocycles. The van der Waals surface area contributed by atoms with Crippen molar-refractivity contribution in [2.45, 2.75) is 41.6 Å². The van der Waals surface area contributed by atoms with Crippen LogP contribution in [0.5, 0.6) is 0 Å². The molecule has 146 valence electrons. The topological polar surface area (TPSA) is 97.2 Å². The second kappa shape index (κ2) is 8.41. The van der Waals surface area contributed by atoms with Crippen molar-refractivity contribution in [3.63, 3.8) is 0 Å². The van der Waals surface area contributed by atoms with Gasteiger partial charge in [-0.2, -0.15) is 5.10 Å². The Labute approximate surface area is 163 Å². The molecule has 10 heteroatoms. The largest absolute Gasteiger partial charge is 0.310 e. The van der Waals surface area contributed by atoms with Crippen LogP contribution in [0, 0.1) is 0 Å². The van der Waals surface area contributed by atoms with E-state index in [1.54, 1.807) is 18.3 Å². The fraction of sp³-hybridized carbons (Fsp3) is 0.471. The van der Waals surface area contributed by atoms with Gasteiger partial charge in [0.1, 0.15) is 10.7 Å². The van der Waals surface area contributed by atoms with Gasteiger partial charge in [-0.05, 0) is 25.0 Å². The number of aromatic nitrogens is 3. The summed E-state index contributed by atoms with van der Waals surface area (Å²) >= 11 is 1.25. The van der Waals surface area contributed by atoms with E-state index in [0.717, 1.165) is 17.1 Å². The zero-order chi connectivity index (χ0) is 19.4. The predicted octanol–water partition coefficient (Wildman–Crippen LogP) is 2.37. The Morgan fingerprint density at radius 3 is 2.67 bits per heavy atom. The lowest BCUT2D eigenvalue weighted by atomic mass is 10.2. The molecule has 1 amide bonds. The van der Waals surface area contributed by atoms with E-state index < -0.39 is 10.0 Å². The van der Waals surface area contributed by atoms with Crippen molar-refractivity contribution in [3.05, 3.63) is 30.6 Å². The van der Waals surface area contributed by atoms with E-state index in [1.165, 1.54) is 51.0 Å². The number of carbonyl (C=O) groups excluding carboxylic acids is 1. The Morgan fingerprint density at radius 1 is 1.30 bits per heavy atom. The van der Waals surface area contributed by atoms with Crippen molar-refractivity contribution in [1.82, 2.24) is 19.1 Å². The summed E-state index contributed by atoms with van der Waals surface area (Å²) in [7, 11) is -0.558. The summed E-state index contributed by atoms with van der Waals surface area (Å²) in [6, 6.07) is 5.27. The highest BCUT2D eigenvalue weighted by Gasteiger charge is 2.21. The summed E-state index contributed by atoms with van der Waals surface area (Å²) in [6.45, 7) is 0. The summed E-state index contributed by atoms with van der Waals surface area (Å²) in [5.41, 5.74) is 0. The molecule has 0 unspecified atom stereocenters. The summed E-state index contributed by atoms with van der Waals surface area (Å²) in [6.07, 6.45) is 7.58. The maximum Gasteiger partial charge on any atom is 0.244 e. The highest BCUT2D eigenvalue weighted by molar-refractivity contribution is 7.99. The number of thioether (sulfide) groups is 1. The highest BCUT2D eigenvalue weighted by atomic mass is 32.2. The van der Waals surface area contributed by atoms with Crippen molar-refractivity contribution in [2.24, 2.45) is 0 Å². The molecule has 2 aromatic heterocycles. The Balaban J connectivity index is 1.56. The summed E-state index contributed by atoms with van der Waals surface area (Å²) in [5, 5.41) is 7.83. The summed E-state index contributed by atoms with van der Waals surface area (Å²) in [4.78, 5) is 16.5. The molecule has 8 nitrogen and oxygen atoms in total. The lowest BCUT2D eigenvalue weighted by Crippen LogP contribution is -2.22. The van der Waals surface area contributed by atoms with Crippen LogP contribution < -0.4 is 5.32 Å². The van der Waals surface area contributed by atoms with Crippen molar-refractivity contribution in [2.75, 3.05) is 25.2 Å². The average Bonchev–Trinajstić information content (AvgIpc) is 3.31. The van der Waals surface area contributed by atoms with Gasteiger partial charge in [0, 0.05) is 26.4 Å². The van der Waals surface area contributed by atoms with Crippen molar-refractivity contribution in [1.29, 1.82) is 0 Å². The number of pyridine rings is 1. The Hall–Kier alpha value is -1.91. The Morgan fingerprint density at radius 2 is 2.04 bits per heavy atom. The van der Waals surface area contributed by atoms with Crippen LogP contribution >= 0.6 is 11.8 Å². The van der Waals surface area contributed by atoms with E-state index >= 15 is 0 Å². The molecule has 0 atom stereocenters. The van der Waals surface area contributed by atoms with Crippen LogP contribution in [0.4, 0.5) is 5.82 Å². The third kappa shape index (κ3) is 4.69. The molecule has 27 heavy (non-hydrogen) atoms. The summed E-state index contributed by atoms with van der Waals surface area (Å²) < 4.78 is 27.1. The van der Waals surface area contributed by atoms with Gasteiger partial charge in [0.2, 0.25) is 15.9 Å². The molecule has 1 aliphatic rings. The zero-order valence-electron chi connectivity index (χ0n) is 15.3. The predicted molar refractivity (Wildman–Crippen MR) is 104 cm³/mol. The minimum absolute atomic E-state index is 0.127. The maximum atomic E-state index is 12.3. The fourth-order valence-corrected chi connectivity index (χ4v) is 4.48. The maximum absolute atomic E-state index is 12.3. The van der Waals surface area contributed by atoms with E-state index in [9.17, 15) is 13.2 Å². The van der Waals surface area contributed by atoms with E-state index in [0.29, 0.717) is 16.9 Å². The van der Waals surface area contributed by atoms with Gasteiger partial charge in [0.15, 0.2) is 0 Å². The molecule has 2 heterocycles. The third-order valence-corrected chi connectivity index (χ3v) is 7.19. The molecule has 1 saturated carbocycles. The third-order valence-electron chi connectivity index (χ3n) is 4.45. The minimum atomic E-state index is -3.50. The second-order valence-electron chi connectivity index (χ2n) is 6.56. The van der Waals surface area contributed by atoms with Crippen LogP contribution in [0.1, 0.15) is 31.7 Å². The number of rotatable bonds is 7. The number of amides is 1. The highest BCUT2D eigenvalue weighted by Crippen LogP contribution is 2.31. The molecule has 1 fully saturated rings. The Kier molecular flexibility index (Phi) is 6.18. The van der Waals surface area contributed by atoms with E-state index in [2.05, 4.69) is 15.4 Å². The van der Waals surface area contributed by atoms with Crippen molar-refractivity contribution >= 4 is 33.5 Å². The number of carbonyl (C=O) groups is 1. The molecule has 1 N–H and O–H groups in total. The molecule has 0 radical (unpaired) electrons. The van der Waals surface area contributed by atoms with Crippen LogP contribution in [0.15, 0.2) is 40.5 Å². The molecule has 0 bridgehead atoms. The molecular formula is C17H23N5O3S2. The van der Waals surface area contributed by atoms with Gasteiger partial charge in [0.05, 0.1) is 23.0 Å². The SMILES string of the molecule is CN(C)S(=O)(=O)c1ccc(SCC(=O)Nc2ccnn2C2CCCC2)nc1. The molecule has 0 spiro atoms. The molecular weight excluding hydrogens is 386 g/mol. The lowest BCUT2D eigenvalue weighted by molar-refractivity contribution is -0.113. The molecule has 1 aliphatic carbocycles. The first-order chi connectivity index (χ1) is 12.9. The van der Waals surface area contributed by atoms with Gasteiger partial charge < -0.3 is 5.32 Å². The van der Waals surface area contributed by atoms with Gasteiger partial charge in [-0.25, -0.2) is 22.4 Å². The summed E-state index contributed by atoms with van der Waals surface area (Å²) in [5.74, 6) is 0.752. The van der Waals surface area contributed by atoms with Gasteiger partial charge in [0.25, 0.3) is 0 Å². The molecule has 0 saturated heterocycles.